The van der Waals surface area contributed by atoms with Gasteiger partial charge in [0.05, 0.1) is 34.2 Å². The van der Waals surface area contributed by atoms with Crippen LogP contribution in [0.2, 0.25) is 5.02 Å². The molecular formula is C32H29ClFN7O3. The van der Waals surface area contributed by atoms with Crippen molar-refractivity contribution < 1.29 is 18.5 Å². The number of pyridine rings is 1. The highest BCUT2D eigenvalue weighted by Crippen LogP contribution is 2.35. The fourth-order valence-corrected chi connectivity index (χ4v) is 5.50. The lowest BCUT2D eigenvalue weighted by atomic mass is 9.95. The van der Waals surface area contributed by atoms with Crippen LogP contribution in [0.1, 0.15) is 59.8 Å². The lowest BCUT2D eigenvalue weighted by Crippen LogP contribution is -2.30. The van der Waals surface area contributed by atoms with E-state index in [4.69, 9.17) is 16.1 Å². The lowest BCUT2D eigenvalue weighted by molar-refractivity contribution is -0.119. The fraction of sp³-hybridized carbons (Fsp3) is 0.250. The molecule has 0 aliphatic carbocycles. The smallest absolute Gasteiger partial charge is 0.257 e. The monoisotopic (exact) mass is 613 g/mol. The number of carbonyl (C=O) groups excluding carboxylic acids is 2. The largest absolute Gasteiger partial charge is 0.344 e. The van der Waals surface area contributed by atoms with Crippen molar-refractivity contribution in [3.63, 3.8) is 0 Å². The van der Waals surface area contributed by atoms with Gasteiger partial charge < -0.3 is 15.2 Å². The predicted molar refractivity (Wildman–Crippen MR) is 163 cm³/mol. The Morgan fingerprint density at radius 2 is 1.98 bits per heavy atom. The van der Waals surface area contributed by atoms with Crippen LogP contribution in [-0.4, -0.2) is 36.7 Å². The van der Waals surface area contributed by atoms with Crippen LogP contribution in [0.15, 0.2) is 65.4 Å². The Kier molecular flexibility index (Phi) is 7.96. The molecule has 0 radical (unpaired) electrons. The first-order chi connectivity index (χ1) is 21.2. The molecule has 0 fully saturated rings. The van der Waals surface area contributed by atoms with Gasteiger partial charge in [-0.25, -0.2) is 9.07 Å². The highest BCUT2D eigenvalue weighted by Gasteiger charge is 2.25. The number of aromatic nitrogens is 5. The number of hydrogen-bond acceptors (Lipinski definition) is 7. The molecule has 2 amide bonds. The molecule has 2 N–H and O–H groups in total. The molecule has 10 nitrogen and oxygen atoms in total. The second-order valence-corrected chi connectivity index (χ2v) is 11.3. The fourth-order valence-electron chi connectivity index (χ4n) is 5.33. The molecule has 224 valence electrons. The summed E-state index contributed by atoms with van der Waals surface area (Å²) in [6, 6.07) is 13.5. The van der Waals surface area contributed by atoms with Gasteiger partial charge in [-0.2, -0.15) is 10.1 Å². The van der Waals surface area contributed by atoms with Gasteiger partial charge in [-0.15, -0.1) is 0 Å². The number of hydrogen-bond donors (Lipinski definition) is 2. The van der Waals surface area contributed by atoms with E-state index in [1.54, 1.807) is 32.2 Å². The molecule has 0 saturated carbocycles. The number of aryl methyl sites for hydroxylation is 1. The van der Waals surface area contributed by atoms with Crippen molar-refractivity contribution in [2.24, 2.45) is 5.92 Å². The third-order valence-electron chi connectivity index (χ3n) is 7.80. The summed E-state index contributed by atoms with van der Waals surface area (Å²) in [5, 5.41) is 14.3. The first kappa shape index (κ1) is 29.2. The number of halogens is 2. The third-order valence-corrected chi connectivity index (χ3v) is 8.09. The molecule has 2 unspecified atom stereocenters. The number of benzene rings is 2. The normalized spacial score (nSPS) is 16.8. The first-order valence-electron chi connectivity index (χ1n) is 14.2. The van der Waals surface area contributed by atoms with Gasteiger partial charge >= 0.3 is 0 Å². The molecule has 0 spiro atoms. The van der Waals surface area contributed by atoms with Gasteiger partial charge in [-0.05, 0) is 68.7 Å². The second-order valence-electron chi connectivity index (χ2n) is 10.9. The van der Waals surface area contributed by atoms with Crippen molar-refractivity contribution >= 4 is 29.1 Å². The maximum Gasteiger partial charge on any atom is 0.257 e. The quantitative estimate of drug-likeness (QED) is 0.233. The zero-order valence-electron chi connectivity index (χ0n) is 24.3. The van der Waals surface area contributed by atoms with Crippen LogP contribution in [0.25, 0.3) is 28.3 Å². The topological polar surface area (TPSA) is 128 Å². The Labute approximate surface area is 257 Å². The average Bonchev–Trinajstić information content (AvgIpc) is 3.62. The molecule has 2 atom stereocenters. The Balaban J connectivity index is 1.34. The summed E-state index contributed by atoms with van der Waals surface area (Å²) in [7, 11) is 0. The summed E-state index contributed by atoms with van der Waals surface area (Å²) in [5.41, 5.74) is 4.45. The minimum absolute atomic E-state index is 0.0342. The number of amides is 2. The molecule has 2 bridgehead atoms. The van der Waals surface area contributed by atoms with Gasteiger partial charge in [-0.3, -0.25) is 14.6 Å². The molecular weight excluding hydrogens is 585 g/mol. The SMILES string of the molecule is Cc1noc(-c2ccc3c(c2)NC(=O)C(C)CCCC(NC(=O)c2cnn(-c4cccc(Cl)c4F)c2C)c2cc-3ccn2)n1. The molecule has 6 rings (SSSR count). The van der Waals surface area contributed by atoms with Gasteiger partial charge in [-0.1, -0.05) is 42.2 Å². The van der Waals surface area contributed by atoms with Gasteiger partial charge in [0.1, 0.15) is 5.69 Å². The van der Waals surface area contributed by atoms with E-state index >= 15 is 0 Å². The number of fused-ring (bicyclic) bond motifs is 4. The van der Waals surface area contributed by atoms with Crippen LogP contribution >= 0.6 is 11.6 Å². The molecule has 1 aliphatic heterocycles. The Morgan fingerprint density at radius 3 is 2.77 bits per heavy atom. The van der Waals surface area contributed by atoms with E-state index in [1.165, 1.54) is 16.9 Å². The van der Waals surface area contributed by atoms with E-state index < -0.39 is 11.9 Å². The van der Waals surface area contributed by atoms with Crippen molar-refractivity contribution in [3.8, 4) is 28.3 Å². The highest BCUT2D eigenvalue weighted by molar-refractivity contribution is 6.30. The molecule has 2 aromatic carbocycles. The predicted octanol–water partition coefficient (Wildman–Crippen LogP) is 6.62. The molecule has 1 aliphatic rings. The van der Waals surface area contributed by atoms with E-state index in [2.05, 4.69) is 30.9 Å². The third kappa shape index (κ3) is 5.70. The van der Waals surface area contributed by atoms with Crippen LogP contribution in [0.3, 0.4) is 0 Å². The van der Waals surface area contributed by atoms with Crippen molar-refractivity contribution in [3.05, 3.63) is 94.5 Å². The van der Waals surface area contributed by atoms with Crippen molar-refractivity contribution in [2.75, 3.05) is 5.32 Å². The summed E-state index contributed by atoms with van der Waals surface area (Å²) in [6.07, 6.45) is 4.91. The molecule has 5 aromatic rings. The van der Waals surface area contributed by atoms with E-state index in [0.29, 0.717) is 59.2 Å². The Hall–Kier alpha value is -4.90. The second kappa shape index (κ2) is 12.0. The van der Waals surface area contributed by atoms with E-state index in [9.17, 15) is 14.0 Å². The van der Waals surface area contributed by atoms with Crippen LogP contribution in [0.4, 0.5) is 10.1 Å². The van der Waals surface area contributed by atoms with Gasteiger partial charge in [0.2, 0.25) is 5.91 Å². The minimum Gasteiger partial charge on any atom is -0.344 e. The molecule has 44 heavy (non-hydrogen) atoms. The minimum atomic E-state index is -0.620. The maximum absolute atomic E-state index is 14.7. The van der Waals surface area contributed by atoms with Crippen LogP contribution in [0.5, 0.6) is 0 Å². The summed E-state index contributed by atoms with van der Waals surface area (Å²) in [6.45, 7) is 5.32. The highest BCUT2D eigenvalue weighted by atomic mass is 35.5. The summed E-state index contributed by atoms with van der Waals surface area (Å²) in [5.74, 6) is -0.522. The van der Waals surface area contributed by atoms with Crippen LogP contribution in [0, 0.1) is 25.6 Å². The van der Waals surface area contributed by atoms with Crippen molar-refractivity contribution in [1.29, 1.82) is 0 Å². The Bertz CT molecular complexity index is 1890. The zero-order chi connectivity index (χ0) is 31.0. The van der Waals surface area contributed by atoms with Crippen molar-refractivity contribution in [2.45, 2.75) is 46.1 Å². The van der Waals surface area contributed by atoms with Gasteiger partial charge in [0.25, 0.3) is 11.8 Å². The maximum atomic E-state index is 14.7. The van der Waals surface area contributed by atoms with E-state index in [-0.39, 0.29) is 28.4 Å². The molecule has 0 saturated heterocycles. The first-order valence-corrected chi connectivity index (χ1v) is 14.6. The molecule has 3 aromatic heterocycles. The number of carbonyl (C=O) groups is 2. The van der Waals surface area contributed by atoms with Crippen LogP contribution < -0.4 is 10.6 Å². The van der Waals surface area contributed by atoms with Gasteiger partial charge in [0, 0.05) is 28.9 Å². The van der Waals surface area contributed by atoms with Crippen molar-refractivity contribution in [1.82, 2.24) is 30.2 Å². The molecule has 12 heteroatoms. The molecule has 4 heterocycles. The van der Waals surface area contributed by atoms with Gasteiger partial charge in [0.15, 0.2) is 11.6 Å². The van der Waals surface area contributed by atoms with E-state index in [0.717, 1.165) is 11.1 Å². The number of nitrogens with one attached hydrogen (secondary N) is 2. The number of nitrogens with zero attached hydrogens (tertiary/aromatic N) is 5. The van der Waals surface area contributed by atoms with E-state index in [1.807, 2.05) is 37.3 Å². The summed E-state index contributed by atoms with van der Waals surface area (Å²) < 4.78 is 21.4. The lowest BCUT2D eigenvalue weighted by Gasteiger charge is -2.22. The number of rotatable bonds is 4. The standard InChI is InChI=1S/C32H29ClFN7O3/c1-17-6-4-8-25(38-31(43)23-16-36-41(18(23)2)28-9-5-7-24(33)29(28)34)27-14-20(12-13-35-27)22-11-10-21(15-26(22)39-30(17)42)32-37-19(3)40-44-32/h5,7,9-17,25H,4,6,8H2,1-3H3,(H,38,43)(H,39,42). The summed E-state index contributed by atoms with van der Waals surface area (Å²) in [4.78, 5) is 35.8. The zero-order valence-corrected chi connectivity index (χ0v) is 25.0. The average molecular weight is 614 g/mol. The Morgan fingerprint density at radius 1 is 1.14 bits per heavy atom. The summed E-state index contributed by atoms with van der Waals surface area (Å²) >= 11 is 5.97. The van der Waals surface area contributed by atoms with Crippen LogP contribution in [-0.2, 0) is 4.79 Å². The number of anilines is 1.